The van der Waals surface area contributed by atoms with Crippen LogP contribution in [0.2, 0.25) is 0 Å². The molecule has 1 fully saturated rings. The maximum Gasteiger partial charge on any atom is 0.389 e. The molecule has 2 nitrogen and oxygen atoms in total. The van der Waals surface area contributed by atoms with Crippen LogP contribution < -0.4 is 5.32 Å². The van der Waals surface area contributed by atoms with Crippen molar-refractivity contribution in [3.8, 4) is 0 Å². The lowest BCUT2D eigenvalue weighted by Crippen LogP contribution is -2.60. The molecule has 17 heavy (non-hydrogen) atoms. The molecule has 0 bridgehead atoms. The number of nitrogens with one attached hydrogen (secondary N) is 1. The summed E-state index contributed by atoms with van der Waals surface area (Å²) < 4.78 is 36.4. The molecule has 0 aliphatic carbocycles. The molecule has 1 N–H and O–H groups in total. The Hall–Kier alpha value is -0.290. The number of piperazine rings is 1. The number of nitrogens with zero attached hydrogens (tertiary/aromatic N) is 1. The summed E-state index contributed by atoms with van der Waals surface area (Å²) in [6.07, 6.45) is -2.49. The van der Waals surface area contributed by atoms with Gasteiger partial charge in [-0.05, 0) is 25.8 Å². The smallest absolute Gasteiger partial charge is 0.314 e. The molecule has 102 valence electrons. The van der Waals surface area contributed by atoms with E-state index in [4.69, 9.17) is 0 Å². The Morgan fingerprint density at radius 1 is 1.24 bits per heavy atom. The summed E-state index contributed by atoms with van der Waals surface area (Å²) in [6.45, 7) is 7.43. The van der Waals surface area contributed by atoms with E-state index in [-0.39, 0.29) is 12.0 Å². The van der Waals surface area contributed by atoms with Crippen molar-refractivity contribution in [2.45, 2.75) is 51.2 Å². The zero-order chi connectivity index (χ0) is 12.9. The van der Waals surface area contributed by atoms with Gasteiger partial charge in [0, 0.05) is 31.6 Å². The molecule has 0 saturated carbocycles. The van der Waals surface area contributed by atoms with E-state index < -0.39 is 12.6 Å². The van der Waals surface area contributed by atoms with Gasteiger partial charge in [-0.25, -0.2) is 0 Å². The van der Waals surface area contributed by atoms with Crippen molar-refractivity contribution >= 4 is 0 Å². The van der Waals surface area contributed by atoms with Gasteiger partial charge in [-0.2, -0.15) is 13.2 Å². The number of alkyl halides is 3. The van der Waals surface area contributed by atoms with E-state index in [9.17, 15) is 13.2 Å². The molecular weight excluding hydrogens is 229 g/mol. The van der Waals surface area contributed by atoms with Crippen LogP contribution in [0.25, 0.3) is 0 Å². The Kier molecular flexibility index (Phi) is 5.25. The Morgan fingerprint density at radius 3 is 2.41 bits per heavy atom. The van der Waals surface area contributed by atoms with Crippen molar-refractivity contribution < 1.29 is 13.2 Å². The molecule has 0 spiro atoms. The molecule has 0 aromatic rings. The average Bonchev–Trinajstić information content (AvgIpc) is 2.28. The molecule has 0 amide bonds. The predicted molar refractivity (Wildman–Crippen MR) is 63.0 cm³/mol. The van der Waals surface area contributed by atoms with Gasteiger partial charge >= 0.3 is 6.18 Å². The third-order valence-electron chi connectivity index (χ3n) is 3.89. The van der Waals surface area contributed by atoms with Crippen LogP contribution in [-0.4, -0.2) is 42.8 Å². The van der Waals surface area contributed by atoms with Gasteiger partial charge in [-0.3, -0.25) is 4.90 Å². The van der Waals surface area contributed by atoms with Crippen molar-refractivity contribution in [2.75, 3.05) is 26.2 Å². The summed E-state index contributed by atoms with van der Waals surface area (Å²) in [7, 11) is 0. The molecule has 5 heteroatoms. The molecular formula is C12H23F3N2. The van der Waals surface area contributed by atoms with Crippen LogP contribution in [0.5, 0.6) is 0 Å². The molecule has 1 rings (SSSR count). The summed E-state index contributed by atoms with van der Waals surface area (Å²) in [4.78, 5) is 2.25. The minimum absolute atomic E-state index is 0.0594. The van der Waals surface area contributed by atoms with Gasteiger partial charge in [0.15, 0.2) is 0 Å². The Bertz CT molecular complexity index is 224. The monoisotopic (exact) mass is 252 g/mol. The SMILES string of the molecule is CCC1(CC)CNCCN1CCCC(F)(F)F. The van der Waals surface area contributed by atoms with Gasteiger partial charge in [-0.1, -0.05) is 13.8 Å². The Morgan fingerprint density at radius 2 is 1.88 bits per heavy atom. The fourth-order valence-corrected chi connectivity index (χ4v) is 2.65. The van der Waals surface area contributed by atoms with E-state index in [0.29, 0.717) is 6.54 Å². The minimum atomic E-state index is -4.02. The summed E-state index contributed by atoms with van der Waals surface area (Å²) in [5.74, 6) is 0. The van der Waals surface area contributed by atoms with Crippen molar-refractivity contribution in [1.82, 2.24) is 10.2 Å². The number of hydrogen-bond donors (Lipinski definition) is 1. The van der Waals surface area contributed by atoms with Gasteiger partial charge in [0.2, 0.25) is 0 Å². The Balaban J connectivity index is 2.48. The van der Waals surface area contributed by atoms with E-state index in [1.807, 2.05) is 0 Å². The highest BCUT2D eigenvalue weighted by Gasteiger charge is 2.36. The lowest BCUT2D eigenvalue weighted by molar-refractivity contribution is -0.137. The summed E-state index contributed by atoms with van der Waals surface area (Å²) in [5.41, 5.74) is 0.0594. The highest BCUT2D eigenvalue weighted by molar-refractivity contribution is 4.94. The van der Waals surface area contributed by atoms with Crippen LogP contribution in [0.1, 0.15) is 39.5 Å². The molecule has 1 heterocycles. The summed E-state index contributed by atoms with van der Waals surface area (Å²) in [5, 5.41) is 3.35. The third kappa shape index (κ3) is 4.14. The summed E-state index contributed by atoms with van der Waals surface area (Å²) >= 11 is 0. The lowest BCUT2D eigenvalue weighted by atomic mass is 9.88. The van der Waals surface area contributed by atoms with Crippen molar-refractivity contribution in [3.63, 3.8) is 0 Å². The normalized spacial score (nSPS) is 21.7. The summed E-state index contributed by atoms with van der Waals surface area (Å²) in [6, 6.07) is 0. The highest BCUT2D eigenvalue weighted by atomic mass is 19.4. The third-order valence-corrected chi connectivity index (χ3v) is 3.89. The second-order valence-electron chi connectivity index (χ2n) is 4.81. The molecule has 1 aliphatic heterocycles. The van der Waals surface area contributed by atoms with E-state index >= 15 is 0 Å². The topological polar surface area (TPSA) is 15.3 Å². The van der Waals surface area contributed by atoms with Crippen molar-refractivity contribution in [1.29, 1.82) is 0 Å². The molecule has 1 aliphatic rings. The van der Waals surface area contributed by atoms with Crippen LogP contribution in [0, 0.1) is 0 Å². The van der Waals surface area contributed by atoms with Crippen molar-refractivity contribution in [3.05, 3.63) is 0 Å². The molecule has 1 saturated heterocycles. The second-order valence-corrected chi connectivity index (χ2v) is 4.81. The largest absolute Gasteiger partial charge is 0.389 e. The fourth-order valence-electron chi connectivity index (χ4n) is 2.65. The fraction of sp³-hybridized carbons (Fsp3) is 1.00. The predicted octanol–water partition coefficient (Wildman–Crippen LogP) is 2.79. The molecule has 0 unspecified atom stereocenters. The zero-order valence-corrected chi connectivity index (χ0v) is 10.7. The van der Waals surface area contributed by atoms with Crippen LogP contribution in [0.3, 0.4) is 0 Å². The molecule has 0 aromatic carbocycles. The highest BCUT2D eigenvalue weighted by Crippen LogP contribution is 2.27. The van der Waals surface area contributed by atoms with Crippen LogP contribution in [0.4, 0.5) is 13.2 Å². The van der Waals surface area contributed by atoms with E-state index in [1.54, 1.807) is 0 Å². The first-order valence-electron chi connectivity index (χ1n) is 6.46. The Labute approximate surface area is 102 Å². The van der Waals surface area contributed by atoms with Gasteiger partial charge in [-0.15, -0.1) is 0 Å². The van der Waals surface area contributed by atoms with Gasteiger partial charge < -0.3 is 5.32 Å². The lowest BCUT2D eigenvalue weighted by Gasteiger charge is -2.47. The van der Waals surface area contributed by atoms with Crippen LogP contribution in [-0.2, 0) is 0 Å². The van der Waals surface area contributed by atoms with E-state index in [2.05, 4.69) is 24.1 Å². The first-order chi connectivity index (χ1) is 7.93. The molecule has 0 aromatic heterocycles. The van der Waals surface area contributed by atoms with Crippen LogP contribution in [0.15, 0.2) is 0 Å². The molecule has 0 radical (unpaired) electrons. The minimum Gasteiger partial charge on any atom is -0.314 e. The van der Waals surface area contributed by atoms with E-state index in [0.717, 1.165) is 32.5 Å². The van der Waals surface area contributed by atoms with Crippen molar-refractivity contribution in [2.24, 2.45) is 0 Å². The van der Waals surface area contributed by atoms with E-state index in [1.165, 1.54) is 0 Å². The number of hydrogen-bond acceptors (Lipinski definition) is 2. The quantitative estimate of drug-likeness (QED) is 0.809. The molecule has 0 atom stereocenters. The maximum atomic E-state index is 12.1. The average molecular weight is 252 g/mol. The first kappa shape index (κ1) is 14.8. The number of halogens is 3. The second kappa shape index (κ2) is 6.05. The van der Waals surface area contributed by atoms with Crippen LogP contribution >= 0.6 is 0 Å². The van der Waals surface area contributed by atoms with Gasteiger partial charge in [0.05, 0.1) is 0 Å². The maximum absolute atomic E-state index is 12.1. The van der Waals surface area contributed by atoms with Gasteiger partial charge in [0.25, 0.3) is 0 Å². The zero-order valence-electron chi connectivity index (χ0n) is 10.7. The van der Waals surface area contributed by atoms with Gasteiger partial charge in [0.1, 0.15) is 0 Å². The first-order valence-corrected chi connectivity index (χ1v) is 6.46. The standard InChI is InChI=1S/C12H23F3N2/c1-3-11(4-2)10-16-7-9-17(11)8-5-6-12(13,14)15/h16H,3-10H2,1-2H3. The number of rotatable bonds is 5.